The molecule has 1 aromatic carbocycles. The molecule has 1 atom stereocenters. The number of hydrogen-bond acceptors (Lipinski definition) is 3. The SMILES string of the molecule is CCNC(Cc1ccc(Cl)c(Cl)c1)c1ccncn1. The summed E-state index contributed by atoms with van der Waals surface area (Å²) in [6, 6.07) is 7.77. The van der Waals surface area contributed by atoms with Crippen LogP contribution in [0.15, 0.2) is 36.8 Å². The first-order valence-electron chi connectivity index (χ1n) is 6.14. The smallest absolute Gasteiger partial charge is 0.115 e. The maximum Gasteiger partial charge on any atom is 0.115 e. The quantitative estimate of drug-likeness (QED) is 0.914. The van der Waals surface area contributed by atoms with E-state index in [-0.39, 0.29) is 6.04 Å². The third-order valence-corrected chi connectivity index (χ3v) is 3.58. The van der Waals surface area contributed by atoms with E-state index in [1.165, 1.54) is 0 Å². The molecule has 0 bridgehead atoms. The van der Waals surface area contributed by atoms with Crippen LogP contribution in [0.2, 0.25) is 10.0 Å². The van der Waals surface area contributed by atoms with Gasteiger partial charge in [-0.25, -0.2) is 9.97 Å². The Bertz CT molecular complexity index is 531. The molecule has 1 heterocycles. The largest absolute Gasteiger partial charge is 0.309 e. The lowest BCUT2D eigenvalue weighted by molar-refractivity contribution is 0.535. The van der Waals surface area contributed by atoms with Gasteiger partial charge in [0.2, 0.25) is 0 Å². The second-order valence-corrected chi connectivity index (χ2v) is 5.01. The predicted octanol–water partition coefficient (Wildman–Crippen LogP) is 3.68. The van der Waals surface area contributed by atoms with E-state index in [1.54, 1.807) is 12.5 Å². The molecule has 100 valence electrons. The molecule has 1 aromatic heterocycles. The van der Waals surface area contributed by atoms with Crippen LogP contribution < -0.4 is 5.32 Å². The van der Waals surface area contributed by atoms with Crippen molar-refractivity contribution in [3.05, 3.63) is 58.1 Å². The van der Waals surface area contributed by atoms with Crippen molar-refractivity contribution < 1.29 is 0 Å². The average Bonchev–Trinajstić information content (AvgIpc) is 2.43. The van der Waals surface area contributed by atoms with E-state index in [0.717, 1.165) is 24.2 Å². The highest BCUT2D eigenvalue weighted by atomic mass is 35.5. The normalized spacial score (nSPS) is 12.4. The summed E-state index contributed by atoms with van der Waals surface area (Å²) >= 11 is 12.0. The lowest BCUT2D eigenvalue weighted by Gasteiger charge is -2.17. The van der Waals surface area contributed by atoms with Gasteiger partial charge in [-0.05, 0) is 36.7 Å². The average molecular weight is 296 g/mol. The highest BCUT2D eigenvalue weighted by molar-refractivity contribution is 6.42. The number of nitrogens with one attached hydrogen (secondary N) is 1. The Morgan fingerprint density at radius 1 is 1.21 bits per heavy atom. The molecule has 1 unspecified atom stereocenters. The van der Waals surface area contributed by atoms with Crippen molar-refractivity contribution in [2.75, 3.05) is 6.54 Å². The number of hydrogen-bond donors (Lipinski definition) is 1. The first kappa shape index (κ1) is 14.3. The van der Waals surface area contributed by atoms with Gasteiger partial charge in [0.25, 0.3) is 0 Å². The van der Waals surface area contributed by atoms with Gasteiger partial charge < -0.3 is 5.32 Å². The summed E-state index contributed by atoms with van der Waals surface area (Å²) in [5, 5.41) is 4.57. The third-order valence-electron chi connectivity index (χ3n) is 2.84. The molecule has 0 saturated carbocycles. The summed E-state index contributed by atoms with van der Waals surface area (Å²) in [6.45, 7) is 2.94. The molecule has 0 saturated heterocycles. The van der Waals surface area contributed by atoms with Crippen LogP contribution in [0.3, 0.4) is 0 Å². The van der Waals surface area contributed by atoms with Gasteiger partial charge in [0, 0.05) is 6.20 Å². The molecule has 2 rings (SSSR count). The van der Waals surface area contributed by atoms with Crippen molar-refractivity contribution >= 4 is 23.2 Å². The lowest BCUT2D eigenvalue weighted by Crippen LogP contribution is -2.23. The molecular weight excluding hydrogens is 281 g/mol. The summed E-state index contributed by atoms with van der Waals surface area (Å²) in [5.74, 6) is 0. The van der Waals surface area contributed by atoms with Crippen LogP contribution in [0.25, 0.3) is 0 Å². The van der Waals surface area contributed by atoms with Crippen LogP contribution in [0.1, 0.15) is 24.2 Å². The molecule has 0 aliphatic heterocycles. The third kappa shape index (κ3) is 3.90. The van der Waals surface area contributed by atoms with Crippen LogP contribution in [0, 0.1) is 0 Å². The molecule has 1 N–H and O–H groups in total. The van der Waals surface area contributed by atoms with Gasteiger partial charge in [0.15, 0.2) is 0 Å². The monoisotopic (exact) mass is 295 g/mol. The maximum atomic E-state index is 6.04. The Balaban J connectivity index is 2.19. The summed E-state index contributed by atoms with van der Waals surface area (Å²) in [5.41, 5.74) is 2.10. The van der Waals surface area contributed by atoms with Crippen molar-refractivity contribution in [3.8, 4) is 0 Å². The lowest BCUT2D eigenvalue weighted by atomic mass is 10.0. The Hall–Kier alpha value is -1.16. The molecule has 0 fully saturated rings. The zero-order chi connectivity index (χ0) is 13.7. The number of halogens is 2. The Morgan fingerprint density at radius 3 is 2.68 bits per heavy atom. The number of aromatic nitrogens is 2. The molecule has 5 heteroatoms. The molecule has 0 radical (unpaired) electrons. The predicted molar refractivity (Wildman–Crippen MR) is 78.6 cm³/mol. The van der Waals surface area contributed by atoms with E-state index in [9.17, 15) is 0 Å². The van der Waals surface area contributed by atoms with Gasteiger partial charge in [-0.3, -0.25) is 0 Å². The van der Waals surface area contributed by atoms with Crippen LogP contribution in [-0.2, 0) is 6.42 Å². The zero-order valence-corrected chi connectivity index (χ0v) is 12.1. The number of likely N-dealkylation sites (N-methyl/N-ethyl adjacent to an activating group) is 1. The van der Waals surface area contributed by atoms with E-state index in [2.05, 4.69) is 22.2 Å². The van der Waals surface area contributed by atoms with Gasteiger partial charge >= 0.3 is 0 Å². The molecule has 0 aliphatic carbocycles. The Labute approximate surface area is 123 Å². The second-order valence-electron chi connectivity index (χ2n) is 4.20. The minimum Gasteiger partial charge on any atom is -0.309 e. The Kier molecular flexibility index (Phi) is 5.14. The molecule has 2 aromatic rings. The summed E-state index contributed by atoms with van der Waals surface area (Å²) in [4.78, 5) is 8.24. The fourth-order valence-corrected chi connectivity index (χ4v) is 2.26. The van der Waals surface area contributed by atoms with E-state index >= 15 is 0 Å². The molecule has 0 spiro atoms. The Morgan fingerprint density at radius 2 is 2.05 bits per heavy atom. The molecule has 0 aliphatic rings. The van der Waals surface area contributed by atoms with Crippen molar-refractivity contribution in [1.82, 2.24) is 15.3 Å². The zero-order valence-electron chi connectivity index (χ0n) is 10.6. The highest BCUT2D eigenvalue weighted by Crippen LogP contribution is 2.25. The molecular formula is C14H15Cl2N3. The van der Waals surface area contributed by atoms with Gasteiger partial charge in [0.1, 0.15) is 6.33 Å². The van der Waals surface area contributed by atoms with Crippen LogP contribution in [0.4, 0.5) is 0 Å². The number of benzene rings is 1. The van der Waals surface area contributed by atoms with Gasteiger partial charge in [0.05, 0.1) is 21.8 Å². The van der Waals surface area contributed by atoms with Gasteiger partial charge in [-0.1, -0.05) is 36.2 Å². The summed E-state index contributed by atoms with van der Waals surface area (Å²) in [7, 11) is 0. The van der Waals surface area contributed by atoms with Crippen molar-refractivity contribution in [2.24, 2.45) is 0 Å². The molecule has 19 heavy (non-hydrogen) atoms. The fourth-order valence-electron chi connectivity index (χ4n) is 1.94. The van der Waals surface area contributed by atoms with E-state index in [4.69, 9.17) is 23.2 Å². The van der Waals surface area contributed by atoms with E-state index < -0.39 is 0 Å². The minimum atomic E-state index is 0.144. The van der Waals surface area contributed by atoms with Crippen LogP contribution in [-0.4, -0.2) is 16.5 Å². The highest BCUT2D eigenvalue weighted by Gasteiger charge is 2.13. The van der Waals surface area contributed by atoms with E-state index in [0.29, 0.717) is 10.0 Å². The fraction of sp³-hybridized carbons (Fsp3) is 0.286. The van der Waals surface area contributed by atoms with Crippen molar-refractivity contribution in [3.63, 3.8) is 0 Å². The van der Waals surface area contributed by atoms with Crippen LogP contribution >= 0.6 is 23.2 Å². The first-order chi connectivity index (χ1) is 9.20. The molecule has 0 amide bonds. The van der Waals surface area contributed by atoms with Crippen LogP contribution in [0.5, 0.6) is 0 Å². The topological polar surface area (TPSA) is 37.8 Å². The second kappa shape index (κ2) is 6.85. The summed E-state index contributed by atoms with van der Waals surface area (Å²) in [6.07, 6.45) is 4.12. The first-order valence-corrected chi connectivity index (χ1v) is 6.89. The minimum absolute atomic E-state index is 0.144. The van der Waals surface area contributed by atoms with Gasteiger partial charge in [-0.2, -0.15) is 0 Å². The standard InChI is InChI=1S/C14H15Cl2N3/c1-2-18-14(13-5-6-17-9-19-13)8-10-3-4-11(15)12(16)7-10/h3-7,9,14,18H,2,8H2,1H3. The van der Waals surface area contributed by atoms with Crippen molar-refractivity contribution in [1.29, 1.82) is 0 Å². The maximum absolute atomic E-state index is 6.04. The van der Waals surface area contributed by atoms with Gasteiger partial charge in [-0.15, -0.1) is 0 Å². The van der Waals surface area contributed by atoms with Crippen molar-refractivity contribution in [2.45, 2.75) is 19.4 Å². The molecule has 3 nitrogen and oxygen atoms in total. The number of rotatable bonds is 5. The van der Waals surface area contributed by atoms with E-state index in [1.807, 2.05) is 24.3 Å². The summed E-state index contributed by atoms with van der Waals surface area (Å²) < 4.78 is 0. The number of nitrogens with zero attached hydrogens (tertiary/aromatic N) is 2.